The van der Waals surface area contributed by atoms with Gasteiger partial charge in [0.1, 0.15) is 5.75 Å². The molecule has 1 aliphatic rings. The number of guanidine groups is 1. The fourth-order valence-corrected chi connectivity index (χ4v) is 3.02. The van der Waals surface area contributed by atoms with Crippen LogP contribution in [0, 0.1) is 0 Å². The quantitative estimate of drug-likeness (QED) is 0.549. The summed E-state index contributed by atoms with van der Waals surface area (Å²) in [6.07, 6.45) is 0. The number of benzene rings is 1. The van der Waals surface area contributed by atoms with Gasteiger partial charge in [-0.2, -0.15) is 0 Å². The summed E-state index contributed by atoms with van der Waals surface area (Å²) in [6.45, 7) is 7.45. The molecule has 1 fully saturated rings. The molecule has 1 N–H and O–H groups in total. The Hall–Kier alpha value is -1.99. The van der Waals surface area contributed by atoms with Crippen LogP contribution in [0.2, 0.25) is 0 Å². The fourth-order valence-electron chi connectivity index (χ4n) is 3.02. The van der Waals surface area contributed by atoms with Gasteiger partial charge in [-0.15, -0.1) is 0 Å². The van der Waals surface area contributed by atoms with E-state index < -0.39 is 0 Å². The zero-order valence-electron chi connectivity index (χ0n) is 16.6. The van der Waals surface area contributed by atoms with Gasteiger partial charge in [-0.1, -0.05) is 0 Å². The summed E-state index contributed by atoms with van der Waals surface area (Å²) in [5.74, 6) is 1.88. The van der Waals surface area contributed by atoms with E-state index in [1.165, 1.54) is 5.69 Å². The van der Waals surface area contributed by atoms with E-state index in [1.807, 2.05) is 19.2 Å². The number of hydrogen-bond acceptors (Lipinski definition) is 5. The largest absolute Gasteiger partial charge is 0.497 e. The lowest BCUT2D eigenvalue weighted by atomic mass is 10.2. The van der Waals surface area contributed by atoms with E-state index in [-0.39, 0.29) is 0 Å². The number of likely N-dealkylation sites (N-methyl/N-ethyl adjacent to an activating group) is 1. The van der Waals surface area contributed by atoms with E-state index in [2.05, 4.69) is 44.2 Å². The van der Waals surface area contributed by atoms with Crippen LogP contribution < -0.4 is 15.0 Å². The van der Waals surface area contributed by atoms with Crippen molar-refractivity contribution in [3.8, 4) is 5.75 Å². The number of ether oxygens (including phenoxy) is 2. The van der Waals surface area contributed by atoms with Crippen molar-refractivity contribution < 1.29 is 9.47 Å². The third-order valence-electron chi connectivity index (χ3n) is 4.68. The van der Waals surface area contributed by atoms with Gasteiger partial charge in [0.05, 0.1) is 13.7 Å². The molecule has 1 heterocycles. The maximum absolute atomic E-state index is 5.23. The number of rotatable bonds is 8. The normalized spacial score (nSPS) is 15.5. The summed E-state index contributed by atoms with van der Waals surface area (Å²) < 4.78 is 10.3. The number of piperazine rings is 1. The highest BCUT2D eigenvalue weighted by atomic mass is 16.5. The second kappa shape index (κ2) is 10.9. The minimum Gasteiger partial charge on any atom is -0.497 e. The highest BCUT2D eigenvalue weighted by Crippen LogP contribution is 2.20. The van der Waals surface area contributed by atoms with Gasteiger partial charge in [-0.3, -0.25) is 4.99 Å². The summed E-state index contributed by atoms with van der Waals surface area (Å²) in [6, 6.07) is 8.28. The van der Waals surface area contributed by atoms with Gasteiger partial charge < -0.3 is 29.5 Å². The second-order valence-electron chi connectivity index (χ2n) is 6.44. The van der Waals surface area contributed by atoms with Crippen LogP contribution in [-0.2, 0) is 4.74 Å². The summed E-state index contributed by atoms with van der Waals surface area (Å²) in [7, 11) is 7.39. The minimum absolute atomic E-state index is 0.762. The molecule has 0 atom stereocenters. The summed E-state index contributed by atoms with van der Waals surface area (Å²) >= 11 is 0. The maximum Gasteiger partial charge on any atom is 0.193 e. The van der Waals surface area contributed by atoms with E-state index >= 15 is 0 Å². The number of anilines is 1. The molecule has 1 aromatic carbocycles. The lowest BCUT2D eigenvalue weighted by molar-refractivity contribution is 0.162. The molecule has 1 saturated heterocycles. The Morgan fingerprint density at radius 2 is 1.81 bits per heavy atom. The van der Waals surface area contributed by atoms with Crippen LogP contribution in [0.25, 0.3) is 0 Å². The first kappa shape index (κ1) is 20.3. The first-order valence-corrected chi connectivity index (χ1v) is 9.20. The van der Waals surface area contributed by atoms with Gasteiger partial charge in [-0.25, -0.2) is 0 Å². The molecule has 0 radical (unpaired) electrons. The Bertz CT molecular complexity index is 541. The van der Waals surface area contributed by atoms with Crippen molar-refractivity contribution >= 4 is 11.6 Å². The molecule has 1 aromatic rings. The van der Waals surface area contributed by atoms with Crippen molar-refractivity contribution in [2.75, 3.05) is 85.6 Å². The van der Waals surface area contributed by atoms with Gasteiger partial charge in [0, 0.05) is 65.7 Å². The van der Waals surface area contributed by atoms with E-state index in [1.54, 1.807) is 14.2 Å². The standard InChI is InChI=1S/C19H33N5O2/c1-20-19(21-9-10-22(2)15-16-25-3)24-13-11-23(12-14-24)17-5-7-18(26-4)8-6-17/h5-8H,9-16H2,1-4H3,(H,20,21). The summed E-state index contributed by atoms with van der Waals surface area (Å²) in [5.41, 5.74) is 1.24. The molecule has 0 amide bonds. The molecule has 0 unspecified atom stereocenters. The van der Waals surface area contributed by atoms with Crippen molar-refractivity contribution in [3.63, 3.8) is 0 Å². The highest BCUT2D eigenvalue weighted by Gasteiger charge is 2.19. The monoisotopic (exact) mass is 363 g/mol. The smallest absolute Gasteiger partial charge is 0.193 e. The molecule has 7 heteroatoms. The molecule has 2 rings (SSSR count). The van der Waals surface area contributed by atoms with E-state index in [0.717, 1.165) is 64.1 Å². The molecule has 0 bridgehead atoms. The SMILES string of the molecule is CN=C(NCCN(C)CCOC)N1CCN(c2ccc(OC)cc2)CC1. The maximum atomic E-state index is 5.23. The van der Waals surface area contributed by atoms with Crippen LogP contribution in [0.4, 0.5) is 5.69 Å². The number of aliphatic imine (C=N–C) groups is 1. The third kappa shape index (κ3) is 6.07. The van der Waals surface area contributed by atoms with Gasteiger partial charge in [0.25, 0.3) is 0 Å². The van der Waals surface area contributed by atoms with Crippen LogP contribution in [0.1, 0.15) is 0 Å². The predicted octanol–water partition coefficient (Wildman–Crippen LogP) is 0.971. The number of hydrogen-bond donors (Lipinski definition) is 1. The van der Waals surface area contributed by atoms with Crippen LogP contribution in [-0.4, -0.2) is 96.5 Å². The lowest BCUT2D eigenvalue weighted by Gasteiger charge is -2.37. The average Bonchev–Trinajstić information content (AvgIpc) is 2.70. The van der Waals surface area contributed by atoms with Gasteiger partial charge in [0.2, 0.25) is 0 Å². The number of methoxy groups -OCH3 is 2. The third-order valence-corrected chi connectivity index (χ3v) is 4.68. The fraction of sp³-hybridized carbons (Fsp3) is 0.632. The number of nitrogens with one attached hydrogen (secondary N) is 1. The Morgan fingerprint density at radius 3 is 2.38 bits per heavy atom. The molecular weight excluding hydrogens is 330 g/mol. The Labute approximate surface area is 157 Å². The van der Waals surface area contributed by atoms with Crippen LogP contribution in [0.5, 0.6) is 5.75 Å². The van der Waals surface area contributed by atoms with Gasteiger partial charge in [-0.05, 0) is 31.3 Å². The molecule has 0 saturated carbocycles. The first-order valence-electron chi connectivity index (χ1n) is 9.20. The van der Waals surface area contributed by atoms with Crippen molar-refractivity contribution in [1.82, 2.24) is 15.1 Å². The Kier molecular flexibility index (Phi) is 8.50. The molecule has 1 aliphatic heterocycles. The van der Waals surface area contributed by atoms with Gasteiger partial charge >= 0.3 is 0 Å². The zero-order valence-corrected chi connectivity index (χ0v) is 16.6. The van der Waals surface area contributed by atoms with Gasteiger partial charge in [0.15, 0.2) is 5.96 Å². The molecule has 0 aromatic heterocycles. The minimum atomic E-state index is 0.762. The van der Waals surface area contributed by atoms with Crippen molar-refractivity contribution in [2.45, 2.75) is 0 Å². The Balaban J connectivity index is 1.76. The van der Waals surface area contributed by atoms with Crippen molar-refractivity contribution in [3.05, 3.63) is 24.3 Å². The van der Waals surface area contributed by atoms with Crippen LogP contribution in [0.3, 0.4) is 0 Å². The summed E-state index contributed by atoms with van der Waals surface area (Å²) in [5, 5.41) is 3.47. The molecular formula is C19H33N5O2. The van der Waals surface area contributed by atoms with E-state index in [0.29, 0.717) is 0 Å². The van der Waals surface area contributed by atoms with E-state index in [9.17, 15) is 0 Å². The highest BCUT2D eigenvalue weighted by molar-refractivity contribution is 5.80. The molecule has 26 heavy (non-hydrogen) atoms. The van der Waals surface area contributed by atoms with Crippen LogP contribution in [0.15, 0.2) is 29.3 Å². The zero-order chi connectivity index (χ0) is 18.8. The van der Waals surface area contributed by atoms with Crippen molar-refractivity contribution in [1.29, 1.82) is 0 Å². The Morgan fingerprint density at radius 1 is 1.12 bits per heavy atom. The van der Waals surface area contributed by atoms with Crippen LogP contribution >= 0.6 is 0 Å². The number of nitrogens with zero attached hydrogens (tertiary/aromatic N) is 4. The molecule has 146 valence electrons. The predicted molar refractivity (Wildman–Crippen MR) is 108 cm³/mol. The average molecular weight is 364 g/mol. The van der Waals surface area contributed by atoms with E-state index in [4.69, 9.17) is 9.47 Å². The first-order chi connectivity index (χ1) is 12.7. The molecule has 7 nitrogen and oxygen atoms in total. The lowest BCUT2D eigenvalue weighted by Crippen LogP contribution is -2.53. The topological polar surface area (TPSA) is 52.6 Å². The summed E-state index contributed by atoms with van der Waals surface area (Å²) in [4.78, 5) is 11.4. The second-order valence-corrected chi connectivity index (χ2v) is 6.44. The molecule has 0 aliphatic carbocycles. The molecule has 0 spiro atoms. The van der Waals surface area contributed by atoms with Crippen molar-refractivity contribution in [2.24, 2.45) is 4.99 Å².